The molecule has 0 saturated carbocycles. The molecule has 1 aromatic heterocycles. The monoisotopic (exact) mass is 491 g/mol. The molecule has 35 heavy (non-hydrogen) atoms. The molecule has 0 bridgehead atoms. The van der Waals surface area contributed by atoms with E-state index in [1.165, 1.54) is 16.2 Å². The van der Waals surface area contributed by atoms with Crippen LogP contribution in [0, 0.1) is 6.92 Å². The smallest absolute Gasteiger partial charge is 0.338 e. The molecular weight excluding hydrogens is 466 g/mol. The number of carbonyl (C=O) groups is 4. The number of amides is 4. The number of urea groups is 1. The van der Waals surface area contributed by atoms with Gasteiger partial charge in [0.25, 0.3) is 5.91 Å². The zero-order valence-corrected chi connectivity index (χ0v) is 20.2. The van der Waals surface area contributed by atoms with E-state index in [0.29, 0.717) is 16.9 Å². The van der Waals surface area contributed by atoms with Crippen LogP contribution >= 0.6 is 11.3 Å². The predicted molar refractivity (Wildman–Crippen MR) is 133 cm³/mol. The number of esters is 1. The Labute approximate surface area is 207 Å². The van der Waals surface area contributed by atoms with Crippen molar-refractivity contribution in [1.29, 1.82) is 0 Å². The number of nitrogens with one attached hydrogen (secondary N) is 1. The van der Waals surface area contributed by atoms with Crippen molar-refractivity contribution in [3.63, 3.8) is 0 Å². The molecule has 0 aliphatic carbocycles. The second-order valence-corrected chi connectivity index (χ2v) is 9.10. The fraction of sp³-hybridized carbons (Fsp3) is 0.231. The first-order valence-electron chi connectivity index (χ1n) is 11.2. The normalized spacial score (nSPS) is 15.4. The lowest BCUT2D eigenvalue weighted by molar-refractivity contribution is -0.124. The molecule has 8 nitrogen and oxygen atoms in total. The average molecular weight is 492 g/mol. The highest BCUT2D eigenvalue weighted by molar-refractivity contribution is 7.09. The van der Waals surface area contributed by atoms with Gasteiger partial charge in [-0.2, -0.15) is 0 Å². The minimum Gasteiger partial charge on any atom is -0.462 e. The number of thiophene rings is 1. The van der Waals surface area contributed by atoms with E-state index in [1.54, 1.807) is 43.3 Å². The highest BCUT2D eigenvalue weighted by Crippen LogP contribution is 2.29. The number of hydrogen-bond donors (Lipinski definition) is 1. The fourth-order valence-corrected chi connectivity index (χ4v) is 4.51. The topological polar surface area (TPSA) is 96.0 Å². The van der Waals surface area contributed by atoms with E-state index in [9.17, 15) is 19.2 Å². The van der Waals surface area contributed by atoms with Crippen molar-refractivity contribution >= 4 is 46.5 Å². The lowest BCUT2D eigenvalue weighted by atomic mass is 10.1. The molecule has 9 heteroatoms. The molecule has 1 aliphatic rings. The van der Waals surface area contributed by atoms with Gasteiger partial charge in [-0.05, 0) is 61.7 Å². The van der Waals surface area contributed by atoms with Gasteiger partial charge in [0.15, 0.2) is 0 Å². The number of ether oxygens (including phenoxy) is 1. The SMILES string of the molecule is CCOC(=O)c1ccc(NC(=O)C[C@@H]2C(=O)N(c3ccc(C)cc3)C(=O)N2Cc2cccs2)cc1. The van der Waals surface area contributed by atoms with Gasteiger partial charge in [-0.25, -0.2) is 14.5 Å². The van der Waals surface area contributed by atoms with Gasteiger partial charge in [0, 0.05) is 10.6 Å². The minimum atomic E-state index is -0.940. The van der Waals surface area contributed by atoms with Crippen LogP contribution in [-0.2, 0) is 20.9 Å². The van der Waals surface area contributed by atoms with Crippen LogP contribution in [0.5, 0.6) is 0 Å². The zero-order valence-electron chi connectivity index (χ0n) is 19.4. The first-order valence-corrected chi connectivity index (χ1v) is 12.1. The van der Waals surface area contributed by atoms with Crippen LogP contribution in [0.3, 0.4) is 0 Å². The molecule has 3 aromatic rings. The van der Waals surface area contributed by atoms with E-state index in [1.807, 2.05) is 36.6 Å². The molecule has 1 fully saturated rings. The Bertz CT molecular complexity index is 1220. The average Bonchev–Trinajstić information content (AvgIpc) is 3.43. The molecule has 4 amide bonds. The molecule has 2 heterocycles. The third kappa shape index (κ3) is 5.41. The summed E-state index contributed by atoms with van der Waals surface area (Å²) < 4.78 is 4.96. The summed E-state index contributed by atoms with van der Waals surface area (Å²) in [7, 11) is 0. The van der Waals surface area contributed by atoms with E-state index in [2.05, 4.69) is 5.32 Å². The largest absolute Gasteiger partial charge is 0.462 e. The lowest BCUT2D eigenvalue weighted by Gasteiger charge is -2.21. The van der Waals surface area contributed by atoms with Gasteiger partial charge < -0.3 is 15.0 Å². The molecule has 0 radical (unpaired) electrons. The Morgan fingerprint density at radius 1 is 1.03 bits per heavy atom. The second kappa shape index (κ2) is 10.5. The number of nitrogens with zero attached hydrogens (tertiary/aromatic N) is 2. The van der Waals surface area contributed by atoms with Crippen molar-refractivity contribution in [1.82, 2.24) is 4.90 Å². The number of rotatable bonds is 8. The number of carbonyl (C=O) groups excluding carboxylic acids is 4. The van der Waals surface area contributed by atoms with Crippen molar-refractivity contribution < 1.29 is 23.9 Å². The number of anilines is 2. The summed E-state index contributed by atoms with van der Waals surface area (Å²) >= 11 is 1.48. The highest BCUT2D eigenvalue weighted by atomic mass is 32.1. The van der Waals surface area contributed by atoms with Crippen LogP contribution in [0.4, 0.5) is 16.2 Å². The van der Waals surface area contributed by atoms with Crippen molar-refractivity contribution in [2.24, 2.45) is 0 Å². The number of benzene rings is 2. The molecule has 180 valence electrons. The number of hydrogen-bond acceptors (Lipinski definition) is 6. The van der Waals surface area contributed by atoms with E-state index in [-0.39, 0.29) is 19.6 Å². The molecule has 2 aromatic carbocycles. The van der Waals surface area contributed by atoms with Crippen LogP contribution in [0.15, 0.2) is 66.0 Å². The summed E-state index contributed by atoms with van der Waals surface area (Å²) in [5, 5.41) is 4.65. The molecular formula is C26H25N3O5S. The standard InChI is InChI=1S/C26H25N3O5S/c1-3-34-25(32)18-8-10-19(11-9-18)27-23(30)15-22-24(31)29(20-12-6-17(2)7-13-20)26(33)28(22)16-21-5-4-14-35-21/h4-14,22H,3,15-16H2,1-2H3,(H,27,30)/t22-/m1/s1. The third-order valence-electron chi connectivity index (χ3n) is 5.58. The van der Waals surface area contributed by atoms with Crippen LogP contribution < -0.4 is 10.2 Å². The molecule has 1 atom stereocenters. The van der Waals surface area contributed by atoms with E-state index < -0.39 is 29.9 Å². The maximum atomic E-state index is 13.3. The summed E-state index contributed by atoms with van der Waals surface area (Å²) in [4.78, 5) is 54.8. The second-order valence-electron chi connectivity index (χ2n) is 8.06. The minimum absolute atomic E-state index is 0.196. The van der Waals surface area contributed by atoms with Gasteiger partial charge in [0.2, 0.25) is 5.91 Å². The van der Waals surface area contributed by atoms with Crippen LogP contribution in [-0.4, -0.2) is 41.4 Å². The fourth-order valence-electron chi connectivity index (χ4n) is 3.81. The van der Waals surface area contributed by atoms with Gasteiger partial charge in [-0.15, -0.1) is 11.3 Å². The van der Waals surface area contributed by atoms with Crippen LogP contribution in [0.25, 0.3) is 0 Å². The molecule has 0 spiro atoms. The Balaban J connectivity index is 1.51. The van der Waals surface area contributed by atoms with E-state index >= 15 is 0 Å². The highest BCUT2D eigenvalue weighted by Gasteiger charge is 2.46. The Kier molecular flexibility index (Phi) is 7.26. The first kappa shape index (κ1) is 24.2. The van der Waals surface area contributed by atoms with Gasteiger partial charge in [0.1, 0.15) is 6.04 Å². The lowest BCUT2D eigenvalue weighted by Crippen LogP contribution is -2.37. The molecule has 0 unspecified atom stereocenters. The molecule has 4 rings (SSSR count). The van der Waals surface area contributed by atoms with Crippen LogP contribution in [0.2, 0.25) is 0 Å². The Hall–Kier alpha value is -3.98. The van der Waals surface area contributed by atoms with Gasteiger partial charge in [0.05, 0.1) is 30.8 Å². The van der Waals surface area contributed by atoms with Gasteiger partial charge in [-0.1, -0.05) is 23.8 Å². The maximum absolute atomic E-state index is 13.3. The van der Waals surface area contributed by atoms with Crippen molar-refractivity contribution in [3.05, 3.63) is 82.0 Å². The summed E-state index contributed by atoms with van der Waals surface area (Å²) in [6.45, 7) is 4.15. The zero-order chi connectivity index (χ0) is 24.9. The summed E-state index contributed by atoms with van der Waals surface area (Å²) in [6.07, 6.45) is -0.196. The maximum Gasteiger partial charge on any atom is 0.338 e. The summed E-state index contributed by atoms with van der Waals surface area (Å²) in [5.41, 5.74) is 2.32. The molecule has 1 saturated heterocycles. The van der Waals surface area contributed by atoms with E-state index in [4.69, 9.17) is 4.74 Å². The Morgan fingerprint density at radius 3 is 2.37 bits per heavy atom. The first-order chi connectivity index (χ1) is 16.9. The summed E-state index contributed by atoms with van der Waals surface area (Å²) in [5.74, 6) is -1.30. The summed E-state index contributed by atoms with van der Waals surface area (Å²) in [6, 6.07) is 15.8. The number of imide groups is 1. The quantitative estimate of drug-likeness (QED) is 0.367. The van der Waals surface area contributed by atoms with Gasteiger partial charge >= 0.3 is 12.0 Å². The van der Waals surface area contributed by atoms with Crippen molar-refractivity contribution in [2.75, 3.05) is 16.8 Å². The Morgan fingerprint density at radius 2 is 1.74 bits per heavy atom. The number of aryl methyl sites for hydroxylation is 1. The van der Waals surface area contributed by atoms with Gasteiger partial charge in [-0.3, -0.25) is 9.59 Å². The van der Waals surface area contributed by atoms with E-state index in [0.717, 1.165) is 15.3 Å². The third-order valence-corrected chi connectivity index (χ3v) is 6.44. The van der Waals surface area contributed by atoms with Crippen molar-refractivity contribution in [3.8, 4) is 0 Å². The molecule has 1 N–H and O–H groups in total. The van der Waals surface area contributed by atoms with Crippen molar-refractivity contribution in [2.45, 2.75) is 32.9 Å². The molecule has 1 aliphatic heterocycles. The van der Waals surface area contributed by atoms with Crippen LogP contribution in [0.1, 0.15) is 34.1 Å². The predicted octanol–water partition coefficient (Wildman–Crippen LogP) is 4.60.